The fraction of sp³-hybridized carbons (Fsp3) is 0.600. The average molecular weight is 224 g/mol. The topological polar surface area (TPSA) is 70.2 Å². The minimum atomic E-state index is -0.236. The summed E-state index contributed by atoms with van der Waals surface area (Å²) in [5, 5.41) is 3.22. The summed E-state index contributed by atoms with van der Waals surface area (Å²) in [6.45, 7) is 1.74. The summed E-state index contributed by atoms with van der Waals surface area (Å²) >= 11 is 0. The van der Waals surface area contributed by atoms with Gasteiger partial charge in [-0.15, -0.1) is 0 Å². The summed E-state index contributed by atoms with van der Waals surface area (Å²) in [6.07, 6.45) is 2.46. The maximum Gasteiger partial charge on any atom is 0.295 e. The van der Waals surface area contributed by atoms with Gasteiger partial charge in [0, 0.05) is 19.1 Å². The van der Waals surface area contributed by atoms with Crippen LogP contribution in [-0.2, 0) is 0 Å². The molecule has 1 aliphatic heterocycles. The van der Waals surface area contributed by atoms with E-state index in [1.807, 2.05) is 7.05 Å². The third kappa shape index (κ3) is 1.88. The van der Waals surface area contributed by atoms with Gasteiger partial charge in [-0.05, 0) is 13.5 Å². The average Bonchev–Trinajstić information content (AvgIpc) is 2.77. The van der Waals surface area contributed by atoms with E-state index >= 15 is 0 Å². The number of likely N-dealkylation sites (N-methyl/N-ethyl adjacent to an activating group) is 1. The summed E-state index contributed by atoms with van der Waals surface area (Å²) < 4.78 is 5.09. The first-order chi connectivity index (χ1) is 7.76. The maximum absolute atomic E-state index is 11.5. The Labute approximate surface area is 93.6 Å². The van der Waals surface area contributed by atoms with Gasteiger partial charge in [-0.1, -0.05) is 0 Å². The lowest BCUT2D eigenvalue weighted by molar-refractivity contribution is 0.406. The van der Waals surface area contributed by atoms with Crippen molar-refractivity contribution >= 4 is 5.82 Å². The number of methoxy groups -OCH3 is 1. The van der Waals surface area contributed by atoms with Gasteiger partial charge in [0.1, 0.15) is 0 Å². The van der Waals surface area contributed by atoms with Crippen molar-refractivity contribution < 1.29 is 4.74 Å². The molecule has 0 aromatic carbocycles. The number of H-pyrrole nitrogens is 1. The molecule has 1 aliphatic rings. The van der Waals surface area contributed by atoms with Crippen molar-refractivity contribution in [2.24, 2.45) is 0 Å². The highest BCUT2D eigenvalue weighted by Gasteiger charge is 2.25. The van der Waals surface area contributed by atoms with Crippen LogP contribution in [0.5, 0.6) is 5.75 Å². The number of nitrogens with one attached hydrogen (secondary N) is 2. The molecular formula is C10H16N4O2. The zero-order chi connectivity index (χ0) is 11.5. The van der Waals surface area contributed by atoms with E-state index in [0.717, 1.165) is 19.5 Å². The summed E-state index contributed by atoms with van der Waals surface area (Å²) in [7, 11) is 3.43. The zero-order valence-corrected chi connectivity index (χ0v) is 9.49. The van der Waals surface area contributed by atoms with E-state index in [-0.39, 0.29) is 5.56 Å². The fourth-order valence-electron chi connectivity index (χ4n) is 1.98. The van der Waals surface area contributed by atoms with Gasteiger partial charge >= 0.3 is 0 Å². The summed E-state index contributed by atoms with van der Waals surface area (Å²) in [6, 6.07) is 0.450. The molecule has 2 N–H and O–H groups in total. The molecule has 0 radical (unpaired) electrons. The lowest BCUT2D eigenvalue weighted by atomic mass is 10.3. The van der Waals surface area contributed by atoms with Crippen molar-refractivity contribution in [2.45, 2.75) is 12.5 Å². The van der Waals surface area contributed by atoms with Crippen molar-refractivity contribution in [3.63, 3.8) is 0 Å². The Morgan fingerprint density at radius 2 is 2.50 bits per heavy atom. The van der Waals surface area contributed by atoms with Gasteiger partial charge in [0.25, 0.3) is 5.56 Å². The molecule has 88 valence electrons. The highest BCUT2D eigenvalue weighted by Crippen LogP contribution is 2.24. The molecule has 0 saturated carbocycles. The third-order valence-corrected chi connectivity index (χ3v) is 2.89. The van der Waals surface area contributed by atoms with Gasteiger partial charge in [0.2, 0.25) is 5.75 Å². The van der Waals surface area contributed by atoms with E-state index in [9.17, 15) is 4.79 Å². The van der Waals surface area contributed by atoms with E-state index in [1.165, 1.54) is 13.4 Å². The molecule has 0 bridgehead atoms. The Morgan fingerprint density at radius 1 is 1.69 bits per heavy atom. The van der Waals surface area contributed by atoms with E-state index in [2.05, 4.69) is 20.2 Å². The number of hydrogen-bond donors (Lipinski definition) is 2. The van der Waals surface area contributed by atoms with Crippen LogP contribution < -0.4 is 20.5 Å². The predicted octanol–water partition coefficient (Wildman–Crippen LogP) is -0.423. The van der Waals surface area contributed by atoms with Crippen LogP contribution in [0.1, 0.15) is 6.42 Å². The van der Waals surface area contributed by atoms with E-state index in [1.54, 1.807) is 0 Å². The number of rotatable bonds is 3. The molecule has 6 heteroatoms. The largest absolute Gasteiger partial charge is 0.489 e. The van der Waals surface area contributed by atoms with Crippen molar-refractivity contribution in [3.8, 4) is 5.75 Å². The molecule has 1 atom stereocenters. The molecule has 0 spiro atoms. The van der Waals surface area contributed by atoms with Crippen LogP contribution in [0, 0.1) is 0 Å². The smallest absolute Gasteiger partial charge is 0.295 e. The van der Waals surface area contributed by atoms with Gasteiger partial charge in [-0.3, -0.25) is 4.79 Å². The molecule has 1 unspecified atom stereocenters. The number of hydrogen-bond acceptors (Lipinski definition) is 5. The van der Waals surface area contributed by atoms with Crippen LogP contribution in [-0.4, -0.2) is 43.3 Å². The second-order valence-corrected chi connectivity index (χ2v) is 3.81. The van der Waals surface area contributed by atoms with Crippen LogP contribution in [0.15, 0.2) is 11.1 Å². The number of aromatic amines is 1. The summed E-state index contributed by atoms with van der Waals surface area (Å²) in [4.78, 5) is 20.3. The van der Waals surface area contributed by atoms with Gasteiger partial charge in [-0.2, -0.15) is 0 Å². The Morgan fingerprint density at radius 3 is 3.12 bits per heavy atom. The number of nitrogens with zero attached hydrogens (tertiary/aromatic N) is 2. The lowest BCUT2D eigenvalue weighted by Crippen LogP contribution is -2.30. The predicted molar refractivity (Wildman–Crippen MR) is 61.1 cm³/mol. The second kappa shape index (κ2) is 4.52. The molecule has 0 aliphatic carbocycles. The molecule has 6 nitrogen and oxygen atoms in total. The number of ether oxygens (including phenoxy) is 1. The molecule has 2 rings (SSSR count). The van der Waals surface area contributed by atoms with Crippen molar-refractivity contribution in [1.29, 1.82) is 0 Å². The standard InChI is InChI=1S/C10H16N4O2/c1-11-7-3-4-14(5-7)9-8(16-2)10(15)13-6-12-9/h6-7,11H,3-5H2,1-2H3,(H,12,13,15). The zero-order valence-electron chi connectivity index (χ0n) is 9.49. The lowest BCUT2D eigenvalue weighted by Gasteiger charge is -2.18. The maximum atomic E-state index is 11.5. The van der Waals surface area contributed by atoms with Gasteiger partial charge < -0.3 is 19.9 Å². The minimum absolute atomic E-state index is 0.236. The summed E-state index contributed by atoms with van der Waals surface area (Å²) in [5.41, 5.74) is -0.236. The first-order valence-electron chi connectivity index (χ1n) is 5.30. The molecule has 1 aromatic heterocycles. The molecule has 1 aromatic rings. The Balaban J connectivity index is 2.27. The third-order valence-electron chi connectivity index (χ3n) is 2.89. The Hall–Kier alpha value is -1.56. The van der Waals surface area contributed by atoms with Crippen LogP contribution in [0.3, 0.4) is 0 Å². The van der Waals surface area contributed by atoms with E-state index < -0.39 is 0 Å². The monoisotopic (exact) mass is 224 g/mol. The molecule has 2 heterocycles. The highest BCUT2D eigenvalue weighted by atomic mass is 16.5. The fourth-order valence-corrected chi connectivity index (χ4v) is 1.98. The molecule has 1 fully saturated rings. The van der Waals surface area contributed by atoms with E-state index in [4.69, 9.17) is 4.74 Å². The molecule has 1 saturated heterocycles. The van der Waals surface area contributed by atoms with Crippen molar-refractivity contribution in [2.75, 3.05) is 32.1 Å². The SMILES string of the molecule is CNC1CCN(c2nc[nH]c(=O)c2OC)C1. The Kier molecular flexibility index (Phi) is 3.09. The minimum Gasteiger partial charge on any atom is -0.489 e. The first-order valence-corrected chi connectivity index (χ1v) is 5.30. The normalized spacial score (nSPS) is 20.1. The van der Waals surface area contributed by atoms with E-state index in [0.29, 0.717) is 17.6 Å². The molecule has 0 amide bonds. The summed E-state index contributed by atoms with van der Waals surface area (Å²) in [5.74, 6) is 0.920. The van der Waals surface area contributed by atoms with Crippen molar-refractivity contribution in [1.82, 2.24) is 15.3 Å². The van der Waals surface area contributed by atoms with Gasteiger partial charge in [0.05, 0.1) is 13.4 Å². The highest BCUT2D eigenvalue weighted by molar-refractivity contribution is 5.51. The van der Waals surface area contributed by atoms with Crippen LogP contribution in [0.4, 0.5) is 5.82 Å². The first kappa shape index (κ1) is 10.9. The van der Waals surface area contributed by atoms with Crippen LogP contribution in [0.25, 0.3) is 0 Å². The Bertz CT molecular complexity index is 418. The molecular weight excluding hydrogens is 208 g/mol. The second-order valence-electron chi connectivity index (χ2n) is 3.81. The number of anilines is 1. The van der Waals surface area contributed by atoms with Gasteiger partial charge in [-0.25, -0.2) is 4.98 Å². The molecule has 16 heavy (non-hydrogen) atoms. The van der Waals surface area contributed by atoms with Crippen LogP contribution in [0.2, 0.25) is 0 Å². The van der Waals surface area contributed by atoms with Crippen molar-refractivity contribution in [3.05, 3.63) is 16.7 Å². The number of aromatic nitrogens is 2. The van der Waals surface area contributed by atoms with Gasteiger partial charge in [0.15, 0.2) is 5.82 Å². The van der Waals surface area contributed by atoms with Crippen LogP contribution >= 0.6 is 0 Å². The quantitative estimate of drug-likeness (QED) is 0.729.